The molecule has 0 aromatic heterocycles. The van der Waals surface area contributed by atoms with Crippen molar-refractivity contribution in [1.29, 1.82) is 0 Å². The lowest BCUT2D eigenvalue weighted by Gasteiger charge is -2.08. The van der Waals surface area contributed by atoms with E-state index in [2.05, 4.69) is 15.9 Å². The highest BCUT2D eigenvalue weighted by Crippen LogP contribution is 2.28. The fourth-order valence-corrected chi connectivity index (χ4v) is 2.47. The SMILES string of the molecule is Cc1ccc(C(=O)c2ccc(OCC3CO3)c(Br)c2)cc1. The normalized spacial score (nSPS) is 16.6. The fraction of sp³-hybridized carbons (Fsp3) is 0.235. The third kappa shape index (κ3) is 3.52. The van der Waals surface area contributed by atoms with E-state index in [1.807, 2.05) is 37.3 Å². The molecular weight excluding hydrogens is 332 g/mol. The Balaban J connectivity index is 1.76. The molecule has 1 aliphatic rings. The van der Waals surface area contributed by atoms with Crippen molar-refractivity contribution in [2.75, 3.05) is 13.2 Å². The molecule has 3 rings (SSSR count). The van der Waals surface area contributed by atoms with E-state index in [1.54, 1.807) is 12.1 Å². The Labute approximate surface area is 132 Å². The molecule has 1 aliphatic heterocycles. The van der Waals surface area contributed by atoms with Gasteiger partial charge in [0.2, 0.25) is 0 Å². The van der Waals surface area contributed by atoms with Crippen molar-refractivity contribution in [2.45, 2.75) is 13.0 Å². The zero-order valence-corrected chi connectivity index (χ0v) is 13.2. The summed E-state index contributed by atoms with van der Waals surface area (Å²) in [4.78, 5) is 12.4. The fourth-order valence-electron chi connectivity index (χ4n) is 1.98. The quantitative estimate of drug-likeness (QED) is 0.611. The number of hydrogen-bond acceptors (Lipinski definition) is 3. The highest BCUT2D eigenvalue weighted by Gasteiger charge is 2.23. The number of aryl methyl sites for hydroxylation is 1. The minimum Gasteiger partial charge on any atom is -0.490 e. The highest BCUT2D eigenvalue weighted by molar-refractivity contribution is 9.10. The smallest absolute Gasteiger partial charge is 0.193 e. The van der Waals surface area contributed by atoms with Crippen molar-refractivity contribution in [3.8, 4) is 5.75 Å². The van der Waals surface area contributed by atoms with Gasteiger partial charge in [-0.05, 0) is 41.1 Å². The van der Waals surface area contributed by atoms with E-state index < -0.39 is 0 Å². The lowest BCUT2D eigenvalue weighted by atomic mass is 10.0. The molecule has 0 saturated carbocycles. The van der Waals surface area contributed by atoms with Crippen LogP contribution in [0.15, 0.2) is 46.9 Å². The number of carbonyl (C=O) groups excluding carboxylic acids is 1. The van der Waals surface area contributed by atoms with Crippen LogP contribution in [0.3, 0.4) is 0 Å². The summed E-state index contributed by atoms with van der Waals surface area (Å²) in [6.07, 6.45) is 0.214. The average molecular weight is 347 g/mol. The molecule has 4 heteroatoms. The third-order valence-corrected chi connectivity index (χ3v) is 3.95. The first-order valence-corrected chi connectivity index (χ1v) is 7.58. The molecule has 0 radical (unpaired) electrons. The van der Waals surface area contributed by atoms with Crippen molar-refractivity contribution >= 4 is 21.7 Å². The van der Waals surface area contributed by atoms with Gasteiger partial charge in [-0.25, -0.2) is 0 Å². The van der Waals surface area contributed by atoms with Crippen molar-refractivity contribution in [2.24, 2.45) is 0 Å². The molecule has 0 amide bonds. The standard InChI is InChI=1S/C17H15BrO3/c1-11-2-4-12(5-3-11)17(19)13-6-7-16(15(18)8-13)21-10-14-9-20-14/h2-8,14H,9-10H2,1H3. The summed E-state index contributed by atoms with van der Waals surface area (Å²) in [5, 5.41) is 0. The number of hydrogen-bond donors (Lipinski definition) is 0. The van der Waals surface area contributed by atoms with Crippen LogP contribution in [0, 0.1) is 6.92 Å². The van der Waals surface area contributed by atoms with Crippen LogP contribution in [0.1, 0.15) is 21.5 Å². The Hall–Kier alpha value is -1.65. The van der Waals surface area contributed by atoms with Gasteiger partial charge in [0.05, 0.1) is 11.1 Å². The molecule has 3 nitrogen and oxygen atoms in total. The van der Waals surface area contributed by atoms with E-state index in [0.717, 1.165) is 22.4 Å². The third-order valence-electron chi connectivity index (χ3n) is 3.33. The van der Waals surface area contributed by atoms with Crippen LogP contribution >= 0.6 is 15.9 Å². The van der Waals surface area contributed by atoms with Crippen LogP contribution in [0.2, 0.25) is 0 Å². The molecule has 2 aromatic rings. The van der Waals surface area contributed by atoms with Crippen LogP contribution in [-0.4, -0.2) is 25.1 Å². The monoisotopic (exact) mass is 346 g/mol. The van der Waals surface area contributed by atoms with Crippen LogP contribution in [0.25, 0.3) is 0 Å². The first-order valence-electron chi connectivity index (χ1n) is 6.79. The van der Waals surface area contributed by atoms with Gasteiger partial charge in [0.15, 0.2) is 5.78 Å². The summed E-state index contributed by atoms with van der Waals surface area (Å²) < 4.78 is 11.5. The van der Waals surface area contributed by atoms with Gasteiger partial charge in [-0.3, -0.25) is 4.79 Å². The van der Waals surface area contributed by atoms with E-state index in [0.29, 0.717) is 17.7 Å². The molecule has 0 bridgehead atoms. The van der Waals surface area contributed by atoms with Crippen LogP contribution < -0.4 is 4.74 Å². The molecule has 108 valence electrons. The Morgan fingerprint density at radius 1 is 1.24 bits per heavy atom. The minimum absolute atomic E-state index is 0.00720. The van der Waals surface area contributed by atoms with Gasteiger partial charge in [0.1, 0.15) is 18.5 Å². The summed E-state index contributed by atoms with van der Waals surface area (Å²) in [7, 11) is 0. The second-order valence-electron chi connectivity index (χ2n) is 5.11. The molecular formula is C17H15BrO3. The predicted molar refractivity (Wildman–Crippen MR) is 84.0 cm³/mol. The van der Waals surface area contributed by atoms with Gasteiger partial charge < -0.3 is 9.47 Å². The minimum atomic E-state index is 0.00720. The van der Waals surface area contributed by atoms with Crippen molar-refractivity contribution < 1.29 is 14.3 Å². The maximum absolute atomic E-state index is 12.4. The number of ketones is 1. The maximum atomic E-state index is 12.4. The Morgan fingerprint density at radius 3 is 2.52 bits per heavy atom. The summed E-state index contributed by atoms with van der Waals surface area (Å²) in [6.45, 7) is 3.31. The Bertz CT molecular complexity index is 660. The van der Waals surface area contributed by atoms with Gasteiger partial charge >= 0.3 is 0 Å². The number of halogens is 1. The van der Waals surface area contributed by atoms with Crippen molar-refractivity contribution in [3.05, 3.63) is 63.6 Å². The van der Waals surface area contributed by atoms with Crippen LogP contribution in [0.5, 0.6) is 5.75 Å². The molecule has 0 N–H and O–H groups in total. The molecule has 21 heavy (non-hydrogen) atoms. The molecule has 1 unspecified atom stereocenters. The van der Waals surface area contributed by atoms with E-state index in [4.69, 9.17) is 9.47 Å². The Kier molecular flexibility index (Phi) is 4.08. The summed E-state index contributed by atoms with van der Waals surface area (Å²) in [5.74, 6) is 0.735. The lowest BCUT2D eigenvalue weighted by molar-refractivity contribution is 0.103. The van der Waals surface area contributed by atoms with E-state index >= 15 is 0 Å². The highest BCUT2D eigenvalue weighted by atomic mass is 79.9. The number of ether oxygens (including phenoxy) is 2. The number of rotatable bonds is 5. The molecule has 1 saturated heterocycles. The first kappa shape index (κ1) is 14.3. The van der Waals surface area contributed by atoms with E-state index in [-0.39, 0.29) is 11.9 Å². The molecule has 1 fully saturated rings. The lowest BCUT2D eigenvalue weighted by Crippen LogP contribution is -2.06. The molecule has 1 heterocycles. The molecule has 2 aromatic carbocycles. The van der Waals surface area contributed by atoms with Gasteiger partial charge in [-0.2, -0.15) is 0 Å². The van der Waals surface area contributed by atoms with Crippen LogP contribution in [-0.2, 0) is 4.74 Å². The van der Waals surface area contributed by atoms with Gasteiger partial charge in [0.25, 0.3) is 0 Å². The molecule has 0 aliphatic carbocycles. The van der Waals surface area contributed by atoms with Crippen molar-refractivity contribution in [3.63, 3.8) is 0 Å². The van der Waals surface area contributed by atoms with Crippen LogP contribution in [0.4, 0.5) is 0 Å². The number of carbonyl (C=O) groups is 1. The largest absolute Gasteiger partial charge is 0.490 e. The summed E-state index contributed by atoms with van der Waals surface area (Å²) in [5.41, 5.74) is 2.46. The maximum Gasteiger partial charge on any atom is 0.193 e. The van der Waals surface area contributed by atoms with E-state index in [9.17, 15) is 4.79 Å². The van der Waals surface area contributed by atoms with Gasteiger partial charge in [0, 0.05) is 11.1 Å². The summed E-state index contributed by atoms with van der Waals surface area (Å²) in [6, 6.07) is 13.0. The predicted octanol–water partition coefficient (Wildman–Crippen LogP) is 3.77. The molecule has 0 spiro atoms. The average Bonchev–Trinajstić information content (AvgIpc) is 3.30. The zero-order chi connectivity index (χ0) is 14.8. The zero-order valence-electron chi connectivity index (χ0n) is 11.6. The van der Waals surface area contributed by atoms with Gasteiger partial charge in [-0.1, -0.05) is 29.8 Å². The summed E-state index contributed by atoms with van der Waals surface area (Å²) >= 11 is 3.45. The van der Waals surface area contributed by atoms with Crippen molar-refractivity contribution in [1.82, 2.24) is 0 Å². The second-order valence-corrected chi connectivity index (χ2v) is 5.96. The van der Waals surface area contributed by atoms with Gasteiger partial charge in [-0.15, -0.1) is 0 Å². The van der Waals surface area contributed by atoms with E-state index in [1.165, 1.54) is 0 Å². The topological polar surface area (TPSA) is 38.8 Å². The Morgan fingerprint density at radius 2 is 1.90 bits per heavy atom. The molecule has 1 atom stereocenters. The first-order chi connectivity index (χ1) is 10.1. The second kappa shape index (κ2) is 6.00. The number of epoxide rings is 1. The number of benzene rings is 2.